The lowest BCUT2D eigenvalue weighted by Crippen LogP contribution is -2.29. The third kappa shape index (κ3) is 3.77. The number of halogens is 2. The first-order valence-corrected chi connectivity index (χ1v) is 8.98. The number of sulfonamides is 1. The van der Waals surface area contributed by atoms with Crippen LogP contribution in [0.25, 0.3) is 0 Å². The molecule has 0 fully saturated rings. The van der Waals surface area contributed by atoms with Gasteiger partial charge in [-0.15, -0.1) is 0 Å². The van der Waals surface area contributed by atoms with Gasteiger partial charge in [-0.05, 0) is 18.4 Å². The number of aliphatic hydroxyl groups is 1. The molecule has 0 radical (unpaired) electrons. The van der Waals surface area contributed by atoms with Crippen molar-refractivity contribution in [1.82, 2.24) is 4.31 Å². The molecule has 108 valence electrons. The zero-order valence-electron chi connectivity index (χ0n) is 10.6. The summed E-state index contributed by atoms with van der Waals surface area (Å²) in [6, 6.07) is 2.78. The van der Waals surface area contributed by atoms with Crippen LogP contribution >= 0.6 is 35.0 Å². The highest BCUT2D eigenvalue weighted by atomic mass is 35.5. The highest BCUT2D eigenvalue weighted by Crippen LogP contribution is 2.32. The normalized spacial score (nSPS) is 12.1. The van der Waals surface area contributed by atoms with E-state index in [9.17, 15) is 13.5 Å². The molecular weight excluding hydrogens is 329 g/mol. The third-order valence-corrected chi connectivity index (χ3v) is 6.00. The molecule has 1 rings (SSSR count). The van der Waals surface area contributed by atoms with Gasteiger partial charge >= 0.3 is 0 Å². The van der Waals surface area contributed by atoms with Gasteiger partial charge in [-0.2, -0.15) is 11.8 Å². The van der Waals surface area contributed by atoms with Crippen molar-refractivity contribution in [3.8, 4) is 0 Å². The van der Waals surface area contributed by atoms with E-state index in [4.69, 9.17) is 23.2 Å². The van der Waals surface area contributed by atoms with E-state index in [2.05, 4.69) is 0 Å². The fourth-order valence-electron chi connectivity index (χ4n) is 1.43. The maximum Gasteiger partial charge on any atom is 0.244 e. The average Bonchev–Trinajstić information content (AvgIpc) is 2.36. The molecule has 1 aromatic rings. The highest BCUT2D eigenvalue weighted by molar-refractivity contribution is 7.98. The number of rotatable bonds is 6. The highest BCUT2D eigenvalue weighted by Gasteiger charge is 2.25. The lowest BCUT2D eigenvalue weighted by atomic mass is 10.2. The molecule has 0 spiro atoms. The number of hydrogen-bond donors (Lipinski definition) is 1. The van der Waals surface area contributed by atoms with Gasteiger partial charge in [0.05, 0.1) is 11.6 Å². The van der Waals surface area contributed by atoms with E-state index >= 15 is 0 Å². The van der Waals surface area contributed by atoms with Gasteiger partial charge in [0.2, 0.25) is 10.0 Å². The fourth-order valence-corrected chi connectivity index (χ4v) is 4.04. The Morgan fingerprint density at radius 1 is 1.37 bits per heavy atom. The summed E-state index contributed by atoms with van der Waals surface area (Å²) >= 11 is 13.4. The molecule has 0 aromatic heterocycles. The summed E-state index contributed by atoms with van der Waals surface area (Å²) in [7, 11) is -2.18. The first-order chi connectivity index (χ1) is 8.86. The SMILES string of the molecule is CSCCN(C)S(=O)(=O)c1ccc(Cl)c(CO)c1Cl. The number of benzene rings is 1. The molecule has 8 heteroatoms. The number of thioether (sulfide) groups is 1. The summed E-state index contributed by atoms with van der Waals surface area (Å²) in [5.74, 6) is 0.688. The summed E-state index contributed by atoms with van der Waals surface area (Å²) in [5, 5.41) is 9.41. The Morgan fingerprint density at radius 3 is 2.53 bits per heavy atom. The molecule has 4 nitrogen and oxygen atoms in total. The fraction of sp³-hybridized carbons (Fsp3) is 0.455. The molecule has 0 aliphatic carbocycles. The van der Waals surface area contributed by atoms with Gasteiger partial charge in [-0.1, -0.05) is 23.2 Å². The Morgan fingerprint density at radius 2 is 2.00 bits per heavy atom. The maximum atomic E-state index is 12.3. The number of nitrogens with zero attached hydrogens (tertiary/aromatic N) is 1. The van der Waals surface area contributed by atoms with Crippen molar-refractivity contribution in [2.24, 2.45) is 0 Å². The van der Waals surface area contributed by atoms with Crippen molar-refractivity contribution in [3.63, 3.8) is 0 Å². The van der Waals surface area contributed by atoms with E-state index in [1.54, 1.807) is 11.8 Å². The number of aliphatic hydroxyl groups excluding tert-OH is 1. The largest absolute Gasteiger partial charge is 0.392 e. The summed E-state index contributed by atoms with van der Waals surface area (Å²) in [5.41, 5.74) is 0.225. The monoisotopic (exact) mass is 343 g/mol. The van der Waals surface area contributed by atoms with Gasteiger partial charge in [0.1, 0.15) is 4.90 Å². The molecule has 0 amide bonds. The Labute approximate surface area is 127 Å². The van der Waals surface area contributed by atoms with Crippen molar-refractivity contribution in [1.29, 1.82) is 0 Å². The molecule has 0 atom stereocenters. The summed E-state index contributed by atoms with van der Waals surface area (Å²) in [4.78, 5) is -0.0359. The van der Waals surface area contributed by atoms with Crippen LogP contribution in [0.4, 0.5) is 0 Å². The van der Waals surface area contributed by atoms with Crippen molar-refractivity contribution in [2.75, 3.05) is 25.6 Å². The maximum absolute atomic E-state index is 12.3. The minimum Gasteiger partial charge on any atom is -0.392 e. The van der Waals surface area contributed by atoms with E-state index < -0.39 is 16.6 Å². The van der Waals surface area contributed by atoms with E-state index in [1.165, 1.54) is 23.5 Å². The zero-order valence-corrected chi connectivity index (χ0v) is 13.7. The van der Waals surface area contributed by atoms with Crippen LogP contribution in [0.15, 0.2) is 17.0 Å². The molecule has 19 heavy (non-hydrogen) atoms. The lowest BCUT2D eigenvalue weighted by Gasteiger charge is -2.18. The summed E-state index contributed by atoms with van der Waals surface area (Å²) in [6.45, 7) is -0.0214. The van der Waals surface area contributed by atoms with Gasteiger partial charge in [0.15, 0.2) is 0 Å². The molecule has 0 saturated heterocycles. The van der Waals surface area contributed by atoms with Crippen LogP contribution in [0.3, 0.4) is 0 Å². The quantitative estimate of drug-likeness (QED) is 0.861. The van der Waals surface area contributed by atoms with Gasteiger partial charge in [0.25, 0.3) is 0 Å². The summed E-state index contributed by atoms with van der Waals surface area (Å²) in [6.07, 6.45) is 1.90. The van der Waals surface area contributed by atoms with Gasteiger partial charge in [-0.25, -0.2) is 12.7 Å². The predicted octanol–water partition coefficient (Wildman–Crippen LogP) is 2.47. The molecule has 0 bridgehead atoms. The van der Waals surface area contributed by atoms with Crippen molar-refractivity contribution in [3.05, 3.63) is 27.7 Å². The molecule has 1 aromatic carbocycles. The van der Waals surface area contributed by atoms with Crippen LogP contribution in [-0.2, 0) is 16.6 Å². The number of hydrogen-bond acceptors (Lipinski definition) is 4. The molecular formula is C11H15Cl2NO3S2. The minimum absolute atomic E-state index is 0.0222. The zero-order chi connectivity index (χ0) is 14.6. The first kappa shape index (κ1) is 17.1. The minimum atomic E-state index is -3.67. The van der Waals surface area contributed by atoms with E-state index in [1.807, 2.05) is 6.26 Å². The molecule has 1 N–H and O–H groups in total. The second-order valence-corrected chi connectivity index (χ2v) is 7.60. The van der Waals surface area contributed by atoms with Crippen molar-refractivity contribution in [2.45, 2.75) is 11.5 Å². The summed E-state index contributed by atoms with van der Waals surface area (Å²) < 4.78 is 25.9. The molecule has 0 aliphatic rings. The van der Waals surface area contributed by atoms with Crippen LogP contribution in [0.2, 0.25) is 10.0 Å². The Balaban J connectivity index is 3.22. The second-order valence-electron chi connectivity index (χ2n) is 3.82. The van der Waals surface area contributed by atoms with Crippen LogP contribution in [0, 0.1) is 0 Å². The Hall–Kier alpha value is 0.0200. The Kier molecular flexibility index (Phi) is 6.42. The van der Waals surface area contributed by atoms with Crippen LogP contribution in [0.5, 0.6) is 0 Å². The predicted molar refractivity (Wildman–Crippen MR) is 80.6 cm³/mol. The first-order valence-electron chi connectivity index (χ1n) is 5.39. The van der Waals surface area contributed by atoms with Gasteiger partial charge in [-0.3, -0.25) is 0 Å². The topological polar surface area (TPSA) is 57.6 Å². The standard InChI is InChI=1S/C11H15Cl2NO3S2/c1-14(5-6-18-2)19(16,17)10-4-3-9(12)8(7-15)11(10)13/h3-4,15H,5-7H2,1-2H3. The van der Waals surface area contributed by atoms with Crippen LogP contribution in [0.1, 0.15) is 5.56 Å². The van der Waals surface area contributed by atoms with Crippen LogP contribution in [-0.4, -0.2) is 43.4 Å². The Bertz CT molecular complexity index is 549. The smallest absolute Gasteiger partial charge is 0.244 e. The molecule has 0 aliphatic heterocycles. The second kappa shape index (κ2) is 7.15. The van der Waals surface area contributed by atoms with E-state index in [0.717, 1.165) is 0 Å². The van der Waals surface area contributed by atoms with Crippen LogP contribution < -0.4 is 0 Å². The molecule has 0 heterocycles. The van der Waals surface area contributed by atoms with Crippen molar-refractivity contribution >= 4 is 45.0 Å². The van der Waals surface area contributed by atoms with E-state index in [-0.39, 0.29) is 20.5 Å². The van der Waals surface area contributed by atoms with Gasteiger partial charge in [0, 0.05) is 29.9 Å². The van der Waals surface area contributed by atoms with Crippen molar-refractivity contribution < 1.29 is 13.5 Å². The molecule has 0 saturated carbocycles. The molecule has 0 unspecified atom stereocenters. The third-order valence-electron chi connectivity index (χ3n) is 2.61. The van der Waals surface area contributed by atoms with Gasteiger partial charge < -0.3 is 5.11 Å². The lowest BCUT2D eigenvalue weighted by molar-refractivity contribution is 0.281. The van der Waals surface area contributed by atoms with E-state index in [0.29, 0.717) is 12.3 Å². The average molecular weight is 344 g/mol.